The van der Waals surface area contributed by atoms with Crippen molar-refractivity contribution in [2.75, 3.05) is 0 Å². The molecule has 1 heterocycles. The molecule has 1 atom stereocenters. The molecule has 0 aliphatic carbocycles. The lowest BCUT2D eigenvalue weighted by Crippen LogP contribution is -2.12. The van der Waals surface area contributed by atoms with Crippen LogP contribution in [0.25, 0.3) is 5.69 Å². The van der Waals surface area contributed by atoms with Crippen LogP contribution in [0, 0.1) is 11.7 Å². The van der Waals surface area contributed by atoms with Gasteiger partial charge in [0.2, 0.25) is 0 Å². The molecule has 1 unspecified atom stereocenters. The number of carboxylic acid groups (broad SMARTS) is 1. The SMILES string of the molecule is CC(Cc1ccc(-n2ccnc2)c(F)c1)C(=O)O. The molecule has 1 aromatic carbocycles. The fourth-order valence-corrected chi connectivity index (χ4v) is 1.73. The van der Waals surface area contributed by atoms with Crippen LogP contribution in [0.1, 0.15) is 12.5 Å². The predicted molar refractivity (Wildman–Crippen MR) is 64.0 cm³/mol. The summed E-state index contributed by atoms with van der Waals surface area (Å²) >= 11 is 0. The summed E-state index contributed by atoms with van der Waals surface area (Å²) in [6.07, 6.45) is 5.05. The Labute approximate surface area is 104 Å². The minimum absolute atomic E-state index is 0.316. The average molecular weight is 248 g/mol. The van der Waals surface area contributed by atoms with Gasteiger partial charge in [-0.3, -0.25) is 4.79 Å². The van der Waals surface area contributed by atoms with Crippen LogP contribution in [0.2, 0.25) is 0 Å². The van der Waals surface area contributed by atoms with Gasteiger partial charge in [-0.1, -0.05) is 13.0 Å². The first-order chi connectivity index (χ1) is 8.58. The first-order valence-corrected chi connectivity index (χ1v) is 5.57. The Morgan fingerprint density at radius 2 is 2.33 bits per heavy atom. The molecule has 0 fully saturated rings. The van der Waals surface area contributed by atoms with Crippen molar-refractivity contribution >= 4 is 5.97 Å². The van der Waals surface area contributed by atoms with Crippen molar-refractivity contribution in [1.82, 2.24) is 9.55 Å². The molecule has 4 nitrogen and oxygen atoms in total. The molecule has 1 aromatic heterocycles. The van der Waals surface area contributed by atoms with Gasteiger partial charge in [0.25, 0.3) is 0 Å². The van der Waals surface area contributed by atoms with E-state index in [2.05, 4.69) is 4.98 Å². The highest BCUT2D eigenvalue weighted by Crippen LogP contribution is 2.17. The molecule has 0 amide bonds. The highest BCUT2D eigenvalue weighted by molar-refractivity contribution is 5.69. The summed E-state index contributed by atoms with van der Waals surface area (Å²) < 4.78 is 15.4. The lowest BCUT2D eigenvalue weighted by atomic mass is 10.0. The smallest absolute Gasteiger partial charge is 0.306 e. The molecule has 0 aliphatic rings. The normalized spacial score (nSPS) is 12.3. The molecule has 94 valence electrons. The van der Waals surface area contributed by atoms with Crippen LogP contribution in [0.15, 0.2) is 36.9 Å². The van der Waals surface area contributed by atoms with Gasteiger partial charge in [-0.15, -0.1) is 0 Å². The zero-order chi connectivity index (χ0) is 13.1. The van der Waals surface area contributed by atoms with Crippen molar-refractivity contribution in [3.05, 3.63) is 48.3 Å². The zero-order valence-electron chi connectivity index (χ0n) is 9.88. The number of carboxylic acids is 1. The fraction of sp³-hybridized carbons (Fsp3) is 0.231. The number of hydrogen-bond donors (Lipinski definition) is 1. The first kappa shape index (κ1) is 12.3. The van der Waals surface area contributed by atoms with Crippen LogP contribution in [0.5, 0.6) is 0 Å². The molecule has 5 heteroatoms. The number of rotatable bonds is 4. The third-order valence-electron chi connectivity index (χ3n) is 2.76. The van der Waals surface area contributed by atoms with E-state index in [4.69, 9.17) is 5.11 Å². The van der Waals surface area contributed by atoms with Gasteiger partial charge in [-0.2, -0.15) is 0 Å². The molecule has 18 heavy (non-hydrogen) atoms. The number of aliphatic carboxylic acids is 1. The van der Waals surface area contributed by atoms with E-state index < -0.39 is 11.9 Å². The van der Waals surface area contributed by atoms with Gasteiger partial charge in [0.05, 0.1) is 17.9 Å². The maximum absolute atomic E-state index is 13.9. The Kier molecular flexibility index (Phi) is 3.41. The van der Waals surface area contributed by atoms with E-state index in [0.717, 1.165) is 0 Å². The van der Waals surface area contributed by atoms with Crippen LogP contribution < -0.4 is 0 Å². The number of benzene rings is 1. The maximum atomic E-state index is 13.9. The number of imidazole rings is 1. The third kappa shape index (κ3) is 2.56. The van der Waals surface area contributed by atoms with Crippen molar-refractivity contribution in [3.8, 4) is 5.69 Å². The van der Waals surface area contributed by atoms with Crippen molar-refractivity contribution in [1.29, 1.82) is 0 Å². The summed E-state index contributed by atoms with van der Waals surface area (Å²) in [5, 5.41) is 8.81. The third-order valence-corrected chi connectivity index (χ3v) is 2.76. The van der Waals surface area contributed by atoms with Crippen LogP contribution in [0.4, 0.5) is 4.39 Å². The largest absolute Gasteiger partial charge is 0.481 e. The van der Waals surface area contributed by atoms with E-state index in [-0.39, 0.29) is 5.82 Å². The van der Waals surface area contributed by atoms with E-state index in [1.54, 1.807) is 36.0 Å². The van der Waals surface area contributed by atoms with Crippen molar-refractivity contribution < 1.29 is 14.3 Å². The van der Waals surface area contributed by atoms with Crippen molar-refractivity contribution in [2.45, 2.75) is 13.3 Å². The van der Waals surface area contributed by atoms with E-state index in [0.29, 0.717) is 17.7 Å². The number of nitrogens with zero attached hydrogens (tertiary/aromatic N) is 2. The summed E-state index contributed by atoms with van der Waals surface area (Å²) in [6, 6.07) is 4.73. The lowest BCUT2D eigenvalue weighted by molar-refractivity contribution is -0.141. The summed E-state index contributed by atoms with van der Waals surface area (Å²) in [7, 11) is 0. The van der Waals surface area contributed by atoms with E-state index >= 15 is 0 Å². The molecule has 0 saturated heterocycles. The summed E-state index contributed by atoms with van der Waals surface area (Å²) in [4.78, 5) is 14.6. The summed E-state index contributed by atoms with van der Waals surface area (Å²) in [5.74, 6) is -1.79. The second-order valence-corrected chi connectivity index (χ2v) is 4.20. The highest BCUT2D eigenvalue weighted by atomic mass is 19.1. The van der Waals surface area contributed by atoms with E-state index in [1.807, 2.05) is 0 Å². The molecule has 2 aromatic rings. The highest BCUT2D eigenvalue weighted by Gasteiger charge is 2.13. The average Bonchev–Trinajstić information content (AvgIpc) is 2.82. The van der Waals surface area contributed by atoms with Crippen LogP contribution in [-0.4, -0.2) is 20.6 Å². The summed E-state index contributed by atoms with van der Waals surface area (Å²) in [6.45, 7) is 1.60. The van der Waals surface area contributed by atoms with Crippen LogP contribution >= 0.6 is 0 Å². The molecule has 2 rings (SSSR count). The Morgan fingerprint density at radius 1 is 1.56 bits per heavy atom. The predicted octanol–water partition coefficient (Wildman–Crippen LogP) is 2.27. The minimum Gasteiger partial charge on any atom is -0.481 e. The molecular formula is C13H13FN2O2. The Hall–Kier alpha value is -2.17. The molecule has 0 spiro atoms. The number of hydrogen-bond acceptors (Lipinski definition) is 2. The first-order valence-electron chi connectivity index (χ1n) is 5.57. The van der Waals surface area contributed by atoms with Gasteiger partial charge < -0.3 is 9.67 Å². The van der Waals surface area contributed by atoms with Gasteiger partial charge in [-0.25, -0.2) is 9.37 Å². The quantitative estimate of drug-likeness (QED) is 0.903. The topological polar surface area (TPSA) is 55.1 Å². The van der Waals surface area contributed by atoms with Gasteiger partial charge in [0.15, 0.2) is 0 Å². The zero-order valence-corrected chi connectivity index (χ0v) is 9.88. The minimum atomic E-state index is -0.880. The molecule has 0 aliphatic heterocycles. The Bertz CT molecular complexity index is 552. The van der Waals surface area contributed by atoms with Crippen molar-refractivity contribution in [3.63, 3.8) is 0 Å². The van der Waals surface area contributed by atoms with Gasteiger partial charge >= 0.3 is 5.97 Å². The summed E-state index contributed by atoms with van der Waals surface area (Å²) in [5.41, 5.74) is 1.07. The monoisotopic (exact) mass is 248 g/mol. The molecule has 0 saturated carbocycles. The molecule has 0 radical (unpaired) electrons. The second kappa shape index (κ2) is 5.00. The second-order valence-electron chi connectivity index (χ2n) is 4.20. The number of halogens is 1. The standard InChI is InChI=1S/C13H13FN2O2/c1-9(13(17)18)6-10-2-3-12(11(14)7-10)16-5-4-15-8-16/h2-5,7-9H,6H2,1H3,(H,17,18). The maximum Gasteiger partial charge on any atom is 0.306 e. The fourth-order valence-electron chi connectivity index (χ4n) is 1.73. The van der Waals surface area contributed by atoms with Crippen LogP contribution in [-0.2, 0) is 11.2 Å². The Morgan fingerprint density at radius 3 is 2.89 bits per heavy atom. The van der Waals surface area contributed by atoms with Crippen LogP contribution in [0.3, 0.4) is 0 Å². The van der Waals surface area contributed by atoms with E-state index in [1.165, 1.54) is 12.4 Å². The van der Waals surface area contributed by atoms with Gasteiger partial charge in [0.1, 0.15) is 5.82 Å². The number of carbonyl (C=O) groups is 1. The van der Waals surface area contributed by atoms with E-state index in [9.17, 15) is 9.18 Å². The van der Waals surface area contributed by atoms with Crippen molar-refractivity contribution in [2.24, 2.45) is 5.92 Å². The van der Waals surface area contributed by atoms with Gasteiger partial charge in [-0.05, 0) is 24.1 Å². The molecule has 0 bridgehead atoms. The number of aromatic nitrogens is 2. The lowest BCUT2D eigenvalue weighted by Gasteiger charge is -2.09. The van der Waals surface area contributed by atoms with Gasteiger partial charge in [0, 0.05) is 12.4 Å². The molecule has 1 N–H and O–H groups in total. The molecular weight excluding hydrogens is 235 g/mol. The Balaban J connectivity index is 2.23.